The smallest absolute Gasteiger partial charge is 0.123 e. The number of pyridine rings is 1. The normalized spacial score (nSPS) is 41.9. The molecule has 6 aliphatic rings. The Morgan fingerprint density at radius 1 is 1.00 bits per heavy atom. The molecule has 2 saturated heterocycles. The first-order chi connectivity index (χ1) is 17.8. The third-order valence-electron chi connectivity index (χ3n) is 12.1. The lowest BCUT2D eigenvalue weighted by Gasteiger charge is -2.68. The van der Waals surface area contributed by atoms with Crippen LogP contribution in [0.5, 0.6) is 0 Å². The van der Waals surface area contributed by atoms with Crippen LogP contribution in [0, 0.1) is 29.1 Å². The Hall–Kier alpha value is -1.17. The molecule has 6 fully saturated rings. The van der Waals surface area contributed by atoms with Crippen LogP contribution >= 0.6 is 0 Å². The number of anilines is 1. The molecule has 7 rings (SSSR count). The summed E-state index contributed by atoms with van der Waals surface area (Å²) in [6, 6.07) is 4.14. The van der Waals surface area contributed by atoms with E-state index in [1.165, 1.54) is 89.0 Å². The van der Waals surface area contributed by atoms with E-state index < -0.39 is 0 Å². The molecule has 0 aromatic carbocycles. The topological polar surface area (TPSA) is 94.4 Å². The van der Waals surface area contributed by atoms with Crippen LogP contribution in [-0.4, -0.2) is 33.4 Å². The Morgan fingerprint density at radius 3 is 2.49 bits per heavy atom. The number of rotatable bonds is 6. The molecular formula is C32H51N3O2. The van der Waals surface area contributed by atoms with Gasteiger partial charge in [0.15, 0.2) is 0 Å². The summed E-state index contributed by atoms with van der Waals surface area (Å²) in [5.74, 6) is 2.78. The lowest BCUT2D eigenvalue weighted by molar-refractivity contribution is -0.315. The van der Waals surface area contributed by atoms with Gasteiger partial charge in [0.2, 0.25) is 0 Å². The summed E-state index contributed by atoms with van der Waals surface area (Å²) in [6.45, 7) is 2.62. The zero-order valence-corrected chi connectivity index (χ0v) is 23.2. The van der Waals surface area contributed by atoms with Gasteiger partial charge in [-0.15, -0.1) is 0 Å². The zero-order chi connectivity index (χ0) is 25.7. The Morgan fingerprint density at radius 2 is 1.78 bits per heavy atom. The SMILES string of the molecule is CC1(C2CCCCC2)OC2(C3CC(Cc4ccc(N)nc4)CC4(CCCC4)C3)CCC1C(N)(CCO)C2. The fourth-order valence-electron chi connectivity index (χ4n) is 10.6. The molecule has 3 heterocycles. The molecule has 4 saturated carbocycles. The van der Waals surface area contributed by atoms with E-state index in [1.807, 2.05) is 12.3 Å². The summed E-state index contributed by atoms with van der Waals surface area (Å²) in [6.07, 6.45) is 23.0. The number of aliphatic hydroxyl groups is 1. The van der Waals surface area contributed by atoms with Crippen molar-refractivity contribution in [2.75, 3.05) is 12.3 Å². The van der Waals surface area contributed by atoms with Crippen molar-refractivity contribution in [3.63, 3.8) is 0 Å². The molecule has 1 spiro atoms. The van der Waals surface area contributed by atoms with Crippen LogP contribution in [0.25, 0.3) is 0 Å². The van der Waals surface area contributed by atoms with E-state index in [0.717, 1.165) is 19.3 Å². The summed E-state index contributed by atoms with van der Waals surface area (Å²) in [4.78, 5) is 4.40. The maximum atomic E-state index is 10.1. The van der Waals surface area contributed by atoms with Crippen molar-refractivity contribution in [1.82, 2.24) is 4.98 Å². The number of aliphatic hydroxyl groups excluding tert-OH is 1. The molecule has 37 heavy (non-hydrogen) atoms. The minimum absolute atomic E-state index is 0.140. The Balaban J connectivity index is 1.33. The van der Waals surface area contributed by atoms with E-state index in [2.05, 4.69) is 18.0 Å². The molecule has 6 atom stereocenters. The fraction of sp³-hybridized carbons (Fsp3) is 0.844. The largest absolute Gasteiger partial charge is 0.396 e. The number of fused-ring (bicyclic) bond motifs is 3. The summed E-state index contributed by atoms with van der Waals surface area (Å²) in [5, 5.41) is 10.1. The van der Waals surface area contributed by atoms with Crippen LogP contribution in [0.4, 0.5) is 5.82 Å². The summed E-state index contributed by atoms with van der Waals surface area (Å²) < 4.78 is 7.61. The molecule has 1 aromatic rings. The first-order valence-corrected chi connectivity index (χ1v) is 15.6. The predicted molar refractivity (Wildman–Crippen MR) is 149 cm³/mol. The number of hydrogen-bond donors (Lipinski definition) is 3. The third kappa shape index (κ3) is 4.65. The minimum atomic E-state index is -0.311. The van der Waals surface area contributed by atoms with Crippen molar-refractivity contribution in [2.45, 2.75) is 133 Å². The second-order valence-corrected chi connectivity index (χ2v) is 14.4. The molecule has 5 nitrogen and oxygen atoms in total. The van der Waals surface area contributed by atoms with Crippen molar-refractivity contribution in [1.29, 1.82) is 0 Å². The van der Waals surface area contributed by atoms with Gasteiger partial charge in [0, 0.05) is 24.3 Å². The third-order valence-corrected chi connectivity index (χ3v) is 12.1. The van der Waals surface area contributed by atoms with Crippen molar-refractivity contribution >= 4 is 5.82 Å². The molecule has 5 N–H and O–H groups in total. The number of nitrogens with zero attached hydrogens (tertiary/aromatic N) is 1. The van der Waals surface area contributed by atoms with Crippen LogP contribution < -0.4 is 11.5 Å². The molecule has 6 unspecified atom stereocenters. The number of aromatic nitrogens is 1. The van der Waals surface area contributed by atoms with Crippen LogP contribution in [-0.2, 0) is 11.2 Å². The maximum Gasteiger partial charge on any atom is 0.123 e. The van der Waals surface area contributed by atoms with Gasteiger partial charge in [0.05, 0.1) is 11.2 Å². The minimum Gasteiger partial charge on any atom is -0.396 e. The van der Waals surface area contributed by atoms with Crippen molar-refractivity contribution in [3.8, 4) is 0 Å². The molecular weight excluding hydrogens is 458 g/mol. The van der Waals surface area contributed by atoms with E-state index in [4.69, 9.17) is 16.2 Å². The van der Waals surface area contributed by atoms with Crippen LogP contribution in [0.1, 0.15) is 115 Å². The zero-order valence-electron chi connectivity index (χ0n) is 23.2. The first kappa shape index (κ1) is 26.1. The van der Waals surface area contributed by atoms with Gasteiger partial charge >= 0.3 is 0 Å². The van der Waals surface area contributed by atoms with Gasteiger partial charge in [-0.2, -0.15) is 0 Å². The molecule has 0 amide bonds. The number of hydrogen-bond acceptors (Lipinski definition) is 5. The predicted octanol–water partition coefficient (Wildman–Crippen LogP) is 6.17. The lowest BCUT2D eigenvalue weighted by atomic mass is 9.49. The number of nitrogen functional groups attached to an aromatic ring is 1. The van der Waals surface area contributed by atoms with Crippen LogP contribution in [0.15, 0.2) is 18.3 Å². The van der Waals surface area contributed by atoms with Crippen LogP contribution in [0.3, 0.4) is 0 Å². The van der Waals surface area contributed by atoms with Crippen molar-refractivity contribution < 1.29 is 9.84 Å². The average molecular weight is 510 g/mol. The molecule has 0 radical (unpaired) electrons. The highest BCUT2D eigenvalue weighted by Crippen LogP contribution is 2.65. The van der Waals surface area contributed by atoms with Crippen LogP contribution in [0.2, 0.25) is 0 Å². The number of ether oxygens (including phenoxy) is 1. The monoisotopic (exact) mass is 509 g/mol. The second-order valence-electron chi connectivity index (χ2n) is 14.4. The first-order valence-electron chi connectivity index (χ1n) is 15.6. The maximum absolute atomic E-state index is 10.1. The van der Waals surface area contributed by atoms with Crippen molar-refractivity contribution in [3.05, 3.63) is 23.9 Å². The van der Waals surface area contributed by atoms with E-state index in [1.54, 1.807) is 0 Å². The van der Waals surface area contributed by atoms with Gasteiger partial charge in [0.1, 0.15) is 5.82 Å². The second kappa shape index (κ2) is 9.78. The van der Waals surface area contributed by atoms with Gasteiger partial charge < -0.3 is 21.3 Å². The van der Waals surface area contributed by atoms with E-state index >= 15 is 0 Å². The van der Waals surface area contributed by atoms with Crippen molar-refractivity contribution in [2.24, 2.45) is 34.8 Å². The summed E-state index contributed by atoms with van der Waals surface area (Å²) >= 11 is 0. The molecule has 1 aromatic heterocycles. The Labute approximate surface area is 224 Å². The highest BCUT2D eigenvalue weighted by atomic mass is 16.5. The van der Waals surface area contributed by atoms with Gasteiger partial charge in [-0.25, -0.2) is 4.98 Å². The summed E-state index contributed by atoms with van der Waals surface area (Å²) in [5.41, 5.74) is 14.5. The molecule has 2 bridgehead atoms. The van der Waals surface area contributed by atoms with E-state index in [0.29, 0.717) is 41.3 Å². The molecule has 206 valence electrons. The Kier molecular flexibility index (Phi) is 6.89. The lowest BCUT2D eigenvalue weighted by Crippen LogP contribution is -2.74. The highest BCUT2D eigenvalue weighted by Gasteiger charge is 2.66. The average Bonchev–Trinajstić information content (AvgIpc) is 3.32. The van der Waals surface area contributed by atoms with Gasteiger partial charge in [-0.05, 0) is 119 Å². The quantitative estimate of drug-likeness (QED) is 0.426. The summed E-state index contributed by atoms with van der Waals surface area (Å²) in [7, 11) is 0. The van der Waals surface area contributed by atoms with Gasteiger partial charge in [-0.1, -0.05) is 38.2 Å². The van der Waals surface area contributed by atoms with E-state index in [9.17, 15) is 5.11 Å². The molecule has 4 aliphatic carbocycles. The van der Waals surface area contributed by atoms with E-state index in [-0.39, 0.29) is 23.3 Å². The number of nitrogens with two attached hydrogens (primary N) is 2. The van der Waals surface area contributed by atoms with Gasteiger partial charge in [0.25, 0.3) is 0 Å². The highest BCUT2D eigenvalue weighted by molar-refractivity contribution is 5.29. The standard InChI is InChI=1S/C32H51N3O2/c1-29(25-7-3-2-4-8-25)27-11-14-32(37-29,22-31(27,34)15-16-36)26-18-24(17-23-9-10-28(33)35-21-23)19-30(20-26)12-5-6-13-30/h9-10,21,24-27,36H,2-8,11-20,22,34H2,1H3,(H2,33,35). The fourth-order valence-corrected chi connectivity index (χ4v) is 10.6. The molecule has 2 aliphatic heterocycles. The van der Waals surface area contributed by atoms with Gasteiger partial charge in [-0.3, -0.25) is 0 Å². The Bertz CT molecular complexity index is 940. The molecule has 5 heteroatoms.